The fourth-order valence-corrected chi connectivity index (χ4v) is 3.99. The van der Waals surface area contributed by atoms with Crippen molar-refractivity contribution in [2.24, 2.45) is 11.8 Å². The Morgan fingerprint density at radius 2 is 1.58 bits per heavy atom. The lowest BCUT2D eigenvalue weighted by molar-refractivity contribution is -0.0287. The average molecular weight is 266 g/mol. The lowest BCUT2D eigenvalue weighted by Gasteiger charge is -2.37. The van der Waals surface area contributed by atoms with Crippen LogP contribution in [0.15, 0.2) is 0 Å². The molecular weight excluding hydrogens is 232 g/mol. The normalized spacial score (nSPS) is 31.6. The van der Waals surface area contributed by atoms with Gasteiger partial charge < -0.3 is 5.11 Å². The van der Waals surface area contributed by atoms with Crippen LogP contribution in [0.3, 0.4) is 0 Å². The third-order valence-electron chi connectivity index (χ3n) is 5.39. The van der Waals surface area contributed by atoms with Crippen LogP contribution in [0.1, 0.15) is 96.8 Å². The number of hydrogen-bond donors (Lipinski definition) is 1. The highest BCUT2D eigenvalue weighted by Gasteiger charge is 2.40. The van der Waals surface area contributed by atoms with Crippen molar-refractivity contribution in [3.63, 3.8) is 0 Å². The molecule has 2 aliphatic rings. The number of unbranched alkanes of at least 4 members (excludes halogenated alkanes) is 6. The van der Waals surface area contributed by atoms with Crippen molar-refractivity contribution in [1.82, 2.24) is 0 Å². The van der Waals surface area contributed by atoms with Crippen LogP contribution in [-0.2, 0) is 0 Å². The van der Waals surface area contributed by atoms with Crippen LogP contribution in [0.2, 0.25) is 0 Å². The molecule has 19 heavy (non-hydrogen) atoms. The third kappa shape index (κ3) is 5.45. The highest BCUT2D eigenvalue weighted by molar-refractivity contribution is 4.92. The number of hydrogen-bond acceptors (Lipinski definition) is 1. The van der Waals surface area contributed by atoms with E-state index in [0.717, 1.165) is 31.1 Å². The van der Waals surface area contributed by atoms with Crippen LogP contribution in [-0.4, -0.2) is 10.7 Å². The predicted molar refractivity (Wildman–Crippen MR) is 82.2 cm³/mol. The zero-order valence-electron chi connectivity index (χ0n) is 13.0. The molecule has 0 heterocycles. The zero-order valence-corrected chi connectivity index (χ0v) is 13.0. The molecule has 0 aromatic rings. The van der Waals surface area contributed by atoms with E-state index in [1.165, 1.54) is 70.6 Å². The molecule has 2 saturated carbocycles. The Labute approximate surface area is 120 Å². The monoisotopic (exact) mass is 266 g/mol. The van der Waals surface area contributed by atoms with Gasteiger partial charge in [0, 0.05) is 0 Å². The summed E-state index contributed by atoms with van der Waals surface area (Å²) in [4.78, 5) is 0. The molecule has 0 saturated heterocycles. The molecule has 0 spiro atoms. The van der Waals surface area contributed by atoms with Crippen molar-refractivity contribution in [3.05, 3.63) is 0 Å². The Hall–Kier alpha value is -0.0400. The van der Waals surface area contributed by atoms with Crippen LogP contribution >= 0.6 is 0 Å². The maximum absolute atomic E-state index is 10.8. The van der Waals surface area contributed by atoms with Gasteiger partial charge in [0.1, 0.15) is 0 Å². The fourth-order valence-electron chi connectivity index (χ4n) is 3.99. The average Bonchev–Trinajstić information content (AvgIpc) is 3.22. The van der Waals surface area contributed by atoms with Gasteiger partial charge in [-0.25, -0.2) is 0 Å². The molecule has 0 radical (unpaired) electrons. The molecule has 112 valence electrons. The lowest BCUT2D eigenvalue weighted by atomic mass is 9.74. The summed E-state index contributed by atoms with van der Waals surface area (Å²) in [5.41, 5.74) is -0.283. The zero-order chi connectivity index (χ0) is 13.6. The largest absolute Gasteiger partial charge is 0.390 e. The van der Waals surface area contributed by atoms with Gasteiger partial charge in [-0.2, -0.15) is 0 Å². The fraction of sp³-hybridized carbons (Fsp3) is 1.00. The Bertz CT molecular complexity index is 246. The molecule has 0 amide bonds. The van der Waals surface area contributed by atoms with Crippen molar-refractivity contribution in [3.8, 4) is 0 Å². The van der Waals surface area contributed by atoms with Crippen molar-refractivity contribution >= 4 is 0 Å². The van der Waals surface area contributed by atoms with E-state index in [1.807, 2.05) is 0 Å². The summed E-state index contributed by atoms with van der Waals surface area (Å²) in [5, 5.41) is 10.8. The van der Waals surface area contributed by atoms with E-state index in [0.29, 0.717) is 0 Å². The minimum atomic E-state index is -0.283. The van der Waals surface area contributed by atoms with E-state index < -0.39 is 0 Å². The van der Waals surface area contributed by atoms with Crippen molar-refractivity contribution < 1.29 is 5.11 Å². The molecule has 2 fully saturated rings. The van der Waals surface area contributed by atoms with Crippen molar-refractivity contribution in [2.45, 2.75) is 102 Å². The van der Waals surface area contributed by atoms with Crippen molar-refractivity contribution in [2.75, 3.05) is 0 Å². The smallest absolute Gasteiger partial charge is 0.0650 e. The van der Waals surface area contributed by atoms with Gasteiger partial charge in [-0.15, -0.1) is 0 Å². The summed E-state index contributed by atoms with van der Waals surface area (Å²) in [5.74, 6) is 1.85. The molecule has 1 N–H and O–H groups in total. The molecule has 2 unspecified atom stereocenters. The van der Waals surface area contributed by atoms with E-state index in [2.05, 4.69) is 6.92 Å². The number of aliphatic hydroxyl groups is 1. The van der Waals surface area contributed by atoms with Crippen LogP contribution in [0.5, 0.6) is 0 Å². The van der Waals surface area contributed by atoms with Crippen LogP contribution in [0, 0.1) is 11.8 Å². The van der Waals surface area contributed by atoms with Gasteiger partial charge in [-0.1, -0.05) is 58.3 Å². The highest BCUT2D eigenvalue weighted by atomic mass is 16.3. The maximum atomic E-state index is 10.8. The molecule has 1 nitrogen and oxygen atoms in total. The van der Waals surface area contributed by atoms with Gasteiger partial charge >= 0.3 is 0 Å². The second kappa shape index (κ2) is 7.67. The first-order valence-electron chi connectivity index (χ1n) is 8.96. The summed E-state index contributed by atoms with van der Waals surface area (Å²) in [6, 6.07) is 0. The first kappa shape index (κ1) is 15.4. The lowest BCUT2D eigenvalue weighted by Crippen LogP contribution is -2.35. The van der Waals surface area contributed by atoms with E-state index in [1.54, 1.807) is 0 Å². The first-order valence-corrected chi connectivity index (χ1v) is 8.96. The topological polar surface area (TPSA) is 20.2 Å². The quantitative estimate of drug-likeness (QED) is 0.549. The summed E-state index contributed by atoms with van der Waals surface area (Å²) < 4.78 is 0. The summed E-state index contributed by atoms with van der Waals surface area (Å²) in [7, 11) is 0. The van der Waals surface area contributed by atoms with Gasteiger partial charge in [0.05, 0.1) is 5.60 Å². The summed E-state index contributed by atoms with van der Waals surface area (Å²) in [6.45, 7) is 2.27. The van der Waals surface area contributed by atoms with Gasteiger partial charge in [-0.3, -0.25) is 0 Å². The van der Waals surface area contributed by atoms with E-state index >= 15 is 0 Å². The molecule has 1 heteroatoms. The minimum absolute atomic E-state index is 0.283. The van der Waals surface area contributed by atoms with E-state index in [-0.39, 0.29) is 5.60 Å². The number of rotatable bonds is 9. The third-order valence-corrected chi connectivity index (χ3v) is 5.39. The molecule has 0 aromatic carbocycles. The van der Waals surface area contributed by atoms with Crippen LogP contribution < -0.4 is 0 Å². The first-order chi connectivity index (χ1) is 9.23. The van der Waals surface area contributed by atoms with E-state index in [4.69, 9.17) is 0 Å². The molecule has 2 atom stereocenters. The van der Waals surface area contributed by atoms with Crippen molar-refractivity contribution in [1.29, 1.82) is 0 Å². The summed E-state index contributed by atoms with van der Waals surface area (Å²) >= 11 is 0. The second-order valence-electron chi connectivity index (χ2n) is 7.29. The maximum Gasteiger partial charge on any atom is 0.0650 e. The van der Waals surface area contributed by atoms with Gasteiger partial charge in [0.15, 0.2) is 0 Å². The Morgan fingerprint density at radius 3 is 2.26 bits per heavy atom. The highest BCUT2D eigenvalue weighted by Crippen LogP contribution is 2.47. The molecule has 2 aliphatic carbocycles. The molecule has 0 aromatic heterocycles. The molecule has 0 bridgehead atoms. The van der Waals surface area contributed by atoms with E-state index in [9.17, 15) is 5.11 Å². The van der Waals surface area contributed by atoms with Gasteiger partial charge in [-0.05, 0) is 50.4 Å². The minimum Gasteiger partial charge on any atom is -0.390 e. The Balaban J connectivity index is 1.55. The van der Waals surface area contributed by atoms with Crippen LogP contribution in [0.25, 0.3) is 0 Å². The predicted octanol–water partition coefficient (Wildman–Crippen LogP) is 5.46. The van der Waals surface area contributed by atoms with Gasteiger partial charge in [0.2, 0.25) is 0 Å². The Morgan fingerprint density at radius 1 is 0.895 bits per heavy atom. The molecular formula is C18H34O. The molecule has 0 aliphatic heterocycles. The second-order valence-corrected chi connectivity index (χ2v) is 7.29. The summed E-state index contributed by atoms with van der Waals surface area (Å²) in [6.07, 6.45) is 18.3. The SMILES string of the molecule is CCCCCCCCCC1(O)CCCC(C2CC2)C1. The molecule has 2 rings (SSSR count). The van der Waals surface area contributed by atoms with Crippen LogP contribution in [0.4, 0.5) is 0 Å². The van der Waals surface area contributed by atoms with Gasteiger partial charge in [0.25, 0.3) is 0 Å². The standard InChI is InChI=1S/C18H34O/c1-2-3-4-5-6-7-8-13-18(19)14-9-10-17(15-18)16-11-12-16/h16-17,19H,2-15H2,1H3. The Kier molecular flexibility index (Phi) is 6.19.